The van der Waals surface area contributed by atoms with Crippen LogP contribution in [0.5, 0.6) is 5.75 Å². The zero-order chi connectivity index (χ0) is 18.4. The van der Waals surface area contributed by atoms with Gasteiger partial charge in [-0.2, -0.15) is 5.10 Å². The normalized spacial score (nSPS) is 11.2. The summed E-state index contributed by atoms with van der Waals surface area (Å²) in [7, 11) is 1.72. The minimum Gasteiger partial charge on any atom is -0.504 e. The Morgan fingerprint density at radius 2 is 1.96 bits per heavy atom. The number of H-pyrrole nitrogens is 1. The van der Waals surface area contributed by atoms with Crippen molar-refractivity contribution in [3.63, 3.8) is 0 Å². The highest BCUT2D eigenvalue weighted by molar-refractivity contribution is 6.30. The van der Waals surface area contributed by atoms with Gasteiger partial charge in [-0.05, 0) is 30.3 Å². The highest BCUT2D eigenvalue weighted by Crippen LogP contribution is 2.37. The van der Waals surface area contributed by atoms with Crippen molar-refractivity contribution in [3.8, 4) is 28.5 Å². The Labute approximate surface area is 153 Å². The summed E-state index contributed by atoms with van der Waals surface area (Å²) in [6.07, 6.45) is 0. The van der Waals surface area contributed by atoms with Crippen LogP contribution in [0, 0.1) is 0 Å². The van der Waals surface area contributed by atoms with Gasteiger partial charge in [-0.15, -0.1) is 0 Å². The average molecular weight is 368 g/mol. The van der Waals surface area contributed by atoms with Crippen molar-refractivity contribution in [2.75, 3.05) is 0 Å². The first-order valence-corrected chi connectivity index (χ1v) is 8.13. The minimum atomic E-state index is -0.517. The highest BCUT2D eigenvalue weighted by Gasteiger charge is 2.21. The number of rotatable bonds is 3. The number of primary amides is 1. The van der Waals surface area contributed by atoms with E-state index in [-0.39, 0.29) is 5.75 Å². The van der Waals surface area contributed by atoms with Crippen LogP contribution in [-0.2, 0) is 7.05 Å². The number of fused-ring (bicyclic) bond motifs is 1. The van der Waals surface area contributed by atoms with Gasteiger partial charge in [-0.1, -0.05) is 23.7 Å². The van der Waals surface area contributed by atoms with E-state index >= 15 is 0 Å². The molecule has 4 aromatic rings. The lowest BCUT2D eigenvalue weighted by Crippen LogP contribution is -2.10. The Morgan fingerprint density at radius 1 is 1.23 bits per heavy atom. The highest BCUT2D eigenvalue weighted by atomic mass is 35.5. The maximum atomic E-state index is 11.3. The molecule has 2 aromatic heterocycles. The number of halogens is 1. The van der Waals surface area contributed by atoms with E-state index in [1.54, 1.807) is 54.2 Å². The third-order valence-corrected chi connectivity index (χ3v) is 4.38. The van der Waals surface area contributed by atoms with Crippen LogP contribution in [0.2, 0.25) is 5.02 Å². The summed E-state index contributed by atoms with van der Waals surface area (Å²) >= 11 is 5.92. The molecule has 0 bridgehead atoms. The number of aromatic nitrogens is 4. The van der Waals surface area contributed by atoms with Crippen molar-refractivity contribution in [2.24, 2.45) is 12.8 Å². The zero-order valence-corrected chi connectivity index (χ0v) is 14.4. The van der Waals surface area contributed by atoms with E-state index in [0.29, 0.717) is 38.8 Å². The first-order chi connectivity index (χ1) is 12.4. The summed E-state index contributed by atoms with van der Waals surface area (Å²) in [5.74, 6) is -0.0743. The van der Waals surface area contributed by atoms with Gasteiger partial charge in [0.15, 0.2) is 11.6 Å². The summed E-state index contributed by atoms with van der Waals surface area (Å²) in [5, 5.41) is 15.7. The molecule has 26 heavy (non-hydrogen) atoms. The second-order valence-electron chi connectivity index (χ2n) is 5.86. The lowest BCUT2D eigenvalue weighted by atomic mass is 10.1. The molecule has 0 atom stereocenters. The first-order valence-electron chi connectivity index (χ1n) is 7.76. The number of hydrogen-bond donors (Lipinski definition) is 3. The van der Waals surface area contributed by atoms with E-state index in [2.05, 4.69) is 15.1 Å². The number of nitrogens with two attached hydrogens (primary N) is 1. The molecule has 0 aliphatic rings. The number of carbonyl (C=O) groups is 1. The molecule has 2 heterocycles. The fourth-order valence-electron chi connectivity index (χ4n) is 2.86. The number of aryl methyl sites for hydroxylation is 1. The summed E-state index contributed by atoms with van der Waals surface area (Å²) in [4.78, 5) is 18.9. The van der Waals surface area contributed by atoms with E-state index in [9.17, 15) is 9.90 Å². The summed E-state index contributed by atoms with van der Waals surface area (Å²) in [5.41, 5.74) is 8.59. The molecule has 0 radical (unpaired) electrons. The number of imidazole rings is 1. The van der Waals surface area contributed by atoms with E-state index in [0.717, 1.165) is 5.56 Å². The average Bonchev–Trinajstić information content (AvgIpc) is 3.15. The van der Waals surface area contributed by atoms with Gasteiger partial charge >= 0.3 is 0 Å². The number of hydrogen-bond acceptors (Lipinski definition) is 4. The van der Waals surface area contributed by atoms with Crippen molar-refractivity contribution >= 4 is 28.5 Å². The third-order valence-electron chi connectivity index (χ3n) is 4.13. The molecule has 0 unspecified atom stereocenters. The molecular formula is C18H14ClN5O2. The molecule has 4 rings (SSSR count). The molecule has 0 aliphatic carbocycles. The summed E-state index contributed by atoms with van der Waals surface area (Å²) in [6, 6.07) is 12.0. The molecule has 0 spiro atoms. The monoisotopic (exact) mass is 367 g/mol. The fourth-order valence-corrected chi connectivity index (χ4v) is 2.98. The van der Waals surface area contributed by atoms with Crippen LogP contribution in [0.25, 0.3) is 33.8 Å². The number of carbonyl (C=O) groups excluding carboxylic acids is 1. The molecule has 7 nitrogen and oxygen atoms in total. The second kappa shape index (κ2) is 5.89. The Hall–Kier alpha value is -3.32. The van der Waals surface area contributed by atoms with E-state index in [4.69, 9.17) is 17.3 Å². The maximum Gasteiger partial charge on any atom is 0.248 e. The summed E-state index contributed by atoms with van der Waals surface area (Å²) < 4.78 is 1.55. The van der Waals surface area contributed by atoms with Gasteiger partial charge in [-0.25, -0.2) is 4.98 Å². The van der Waals surface area contributed by atoms with Crippen molar-refractivity contribution in [1.29, 1.82) is 0 Å². The number of aromatic hydroxyl groups is 1. The second-order valence-corrected chi connectivity index (χ2v) is 6.29. The summed E-state index contributed by atoms with van der Waals surface area (Å²) in [6.45, 7) is 0. The van der Waals surface area contributed by atoms with Gasteiger partial charge < -0.3 is 15.8 Å². The predicted molar refractivity (Wildman–Crippen MR) is 98.9 cm³/mol. The zero-order valence-electron chi connectivity index (χ0n) is 13.7. The van der Waals surface area contributed by atoms with Crippen LogP contribution < -0.4 is 5.73 Å². The number of benzene rings is 2. The molecule has 0 saturated heterocycles. The lowest BCUT2D eigenvalue weighted by Gasteiger charge is -1.99. The Balaban J connectivity index is 1.84. The van der Waals surface area contributed by atoms with Crippen molar-refractivity contribution in [2.45, 2.75) is 0 Å². The third kappa shape index (κ3) is 2.58. The van der Waals surface area contributed by atoms with Crippen LogP contribution in [0.1, 0.15) is 10.4 Å². The Morgan fingerprint density at radius 3 is 2.65 bits per heavy atom. The van der Waals surface area contributed by atoms with Crippen LogP contribution in [0.3, 0.4) is 0 Å². The topological polar surface area (TPSA) is 110 Å². The first kappa shape index (κ1) is 16.2. The van der Waals surface area contributed by atoms with Crippen molar-refractivity contribution in [3.05, 3.63) is 53.1 Å². The molecule has 0 fully saturated rings. The molecule has 4 N–H and O–H groups in total. The van der Waals surface area contributed by atoms with E-state index < -0.39 is 5.91 Å². The quantitative estimate of drug-likeness (QED) is 0.516. The van der Waals surface area contributed by atoms with Gasteiger partial charge in [0.05, 0.1) is 11.0 Å². The largest absolute Gasteiger partial charge is 0.504 e. The SMILES string of the molecule is Cn1nc(-c2ccc(Cl)cc2)c(O)c1-c1nc2ccc(C(N)=O)cc2[nH]1. The molecule has 130 valence electrons. The van der Waals surface area contributed by atoms with Gasteiger partial charge in [-0.3, -0.25) is 9.48 Å². The number of nitrogens with zero attached hydrogens (tertiary/aromatic N) is 3. The molecule has 1 amide bonds. The Kier molecular flexibility index (Phi) is 3.66. The van der Waals surface area contributed by atoms with E-state index in [1.807, 2.05) is 0 Å². The number of nitrogens with one attached hydrogen (secondary N) is 1. The molecular weight excluding hydrogens is 354 g/mol. The van der Waals surface area contributed by atoms with E-state index in [1.165, 1.54) is 0 Å². The van der Waals surface area contributed by atoms with Gasteiger partial charge in [0.1, 0.15) is 11.4 Å². The van der Waals surface area contributed by atoms with Crippen LogP contribution in [0.15, 0.2) is 42.5 Å². The van der Waals surface area contributed by atoms with Crippen LogP contribution in [-0.4, -0.2) is 30.8 Å². The molecule has 2 aromatic carbocycles. The molecule has 8 heteroatoms. The number of amides is 1. The molecule has 0 saturated carbocycles. The predicted octanol–water partition coefficient (Wildman–Crippen LogP) is 3.09. The Bertz CT molecular complexity index is 1140. The lowest BCUT2D eigenvalue weighted by molar-refractivity contribution is 0.100. The smallest absolute Gasteiger partial charge is 0.248 e. The van der Waals surface area contributed by atoms with Gasteiger partial charge in [0.25, 0.3) is 0 Å². The van der Waals surface area contributed by atoms with Gasteiger partial charge in [0, 0.05) is 23.2 Å². The van der Waals surface area contributed by atoms with Crippen molar-refractivity contribution < 1.29 is 9.90 Å². The standard InChI is InChI=1S/C18H14ClN5O2/c1-24-15(16(25)14(23-24)9-2-5-11(19)6-3-9)18-21-12-7-4-10(17(20)26)8-13(12)22-18/h2-8,25H,1H3,(H2,20,26)(H,21,22). The fraction of sp³-hybridized carbons (Fsp3) is 0.0556. The van der Waals surface area contributed by atoms with Crippen molar-refractivity contribution in [1.82, 2.24) is 19.7 Å². The maximum absolute atomic E-state index is 11.3. The van der Waals surface area contributed by atoms with Gasteiger partial charge in [0.2, 0.25) is 5.91 Å². The minimum absolute atomic E-state index is 0.00371. The molecule has 0 aliphatic heterocycles. The number of aromatic amines is 1. The van der Waals surface area contributed by atoms with Crippen LogP contribution in [0.4, 0.5) is 0 Å². The van der Waals surface area contributed by atoms with Crippen LogP contribution >= 0.6 is 11.6 Å².